The van der Waals surface area contributed by atoms with Crippen molar-refractivity contribution < 1.29 is 13.9 Å². The number of carbonyl (C=O) groups is 1. The minimum absolute atomic E-state index is 0.405. The van der Waals surface area contributed by atoms with Crippen molar-refractivity contribution in [1.29, 1.82) is 0 Å². The molecular formula is C8H8O3. The quantitative estimate of drug-likeness (QED) is 0.605. The van der Waals surface area contributed by atoms with Crippen molar-refractivity contribution in [1.82, 2.24) is 0 Å². The molecule has 0 saturated carbocycles. The Morgan fingerprint density at radius 2 is 2.55 bits per heavy atom. The third-order valence-electron chi connectivity index (χ3n) is 1.29. The van der Waals surface area contributed by atoms with Crippen molar-refractivity contribution in [3.63, 3.8) is 0 Å². The number of esters is 1. The lowest BCUT2D eigenvalue weighted by Crippen LogP contribution is -2.00. The summed E-state index contributed by atoms with van der Waals surface area (Å²) < 4.78 is 9.41. The van der Waals surface area contributed by atoms with E-state index in [9.17, 15) is 4.79 Å². The van der Waals surface area contributed by atoms with Crippen LogP contribution in [0.1, 0.15) is 16.1 Å². The van der Waals surface area contributed by atoms with E-state index in [2.05, 4.69) is 11.3 Å². The molecule has 0 fully saturated rings. The Morgan fingerprint density at radius 1 is 1.82 bits per heavy atom. The van der Waals surface area contributed by atoms with Gasteiger partial charge in [-0.15, -0.1) is 0 Å². The summed E-state index contributed by atoms with van der Waals surface area (Å²) in [6, 6.07) is 1.54. The minimum Gasteiger partial charge on any atom is -0.465 e. The van der Waals surface area contributed by atoms with Gasteiger partial charge < -0.3 is 9.15 Å². The highest BCUT2D eigenvalue weighted by Gasteiger charge is 2.11. The standard InChI is InChI=1S/C8H8O3/c1-3-7-6(4-5-11-7)8(9)10-2/h3-5H,1H2,2H3. The van der Waals surface area contributed by atoms with Gasteiger partial charge in [-0.05, 0) is 12.1 Å². The van der Waals surface area contributed by atoms with Gasteiger partial charge in [-0.25, -0.2) is 4.79 Å². The summed E-state index contributed by atoms with van der Waals surface area (Å²) in [5.41, 5.74) is 0.405. The average molecular weight is 152 g/mol. The largest absolute Gasteiger partial charge is 0.465 e. The lowest BCUT2D eigenvalue weighted by Gasteiger charge is -1.94. The Kier molecular flexibility index (Phi) is 2.11. The van der Waals surface area contributed by atoms with E-state index in [1.807, 2.05) is 0 Å². The third kappa shape index (κ3) is 1.32. The van der Waals surface area contributed by atoms with Crippen LogP contribution < -0.4 is 0 Å². The predicted molar refractivity (Wildman–Crippen MR) is 40.1 cm³/mol. The zero-order valence-electron chi connectivity index (χ0n) is 6.16. The fraction of sp³-hybridized carbons (Fsp3) is 0.125. The Balaban J connectivity index is 3.01. The smallest absolute Gasteiger partial charge is 0.341 e. The molecule has 1 heterocycles. The third-order valence-corrected chi connectivity index (χ3v) is 1.29. The Morgan fingerprint density at radius 3 is 3.09 bits per heavy atom. The second-order valence-electron chi connectivity index (χ2n) is 1.89. The van der Waals surface area contributed by atoms with Crippen LogP contribution in [0.5, 0.6) is 0 Å². The summed E-state index contributed by atoms with van der Waals surface area (Å²) in [7, 11) is 1.32. The van der Waals surface area contributed by atoms with Crippen LogP contribution >= 0.6 is 0 Å². The molecule has 0 aliphatic heterocycles. The lowest BCUT2D eigenvalue weighted by atomic mass is 10.2. The molecule has 0 aliphatic rings. The molecule has 0 radical (unpaired) electrons. The summed E-state index contributed by atoms with van der Waals surface area (Å²) in [5.74, 6) is 0.0329. The van der Waals surface area contributed by atoms with Crippen molar-refractivity contribution in [3.8, 4) is 0 Å². The summed E-state index contributed by atoms with van der Waals surface area (Å²) in [5, 5.41) is 0. The Labute approximate surface area is 64.3 Å². The van der Waals surface area contributed by atoms with E-state index in [0.717, 1.165) is 0 Å². The number of rotatable bonds is 2. The SMILES string of the molecule is C=Cc1occc1C(=O)OC. The number of hydrogen-bond acceptors (Lipinski definition) is 3. The number of furan rings is 1. The van der Waals surface area contributed by atoms with E-state index in [0.29, 0.717) is 11.3 Å². The van der Waals surface area contributed by atoms with Crippen molar-refractivity contribution in [2.24, 2.45) is 0 Å². The monoisotopic (exact) mass is 152 g/mol. The van der Waals surface area contributed by atoms with E-state index in [1.54, 1.807) is 6.07 Å². The minimum atomic E-state index is -0.409. The first-order chi connectivity index (χ1) is 5.29. The van der Waals surface area contributed by atoms with Crippen LogP contribution in [0.3, 0.4) is 0 Å². The molecule has 0 saturated heterocycles. The van der Waals surface area contributed by atoms with Gasteiger partial charge in [0.2, 0.25) is 0 Å². The zero-order valence-corrected chi connectivity index (χ0v) is 6.16. The first-order valence-electron chi connectivity index (χ1n) is 3.08. The zero-order chi connectivity index (χ0) is 8.27. The predicted octanol–water partition coefficient (Wildman–Crippen LogP) is 1.71. The van der Waals surface area contributed by atoms with Gasteiger partial charge in [0.15, 0.2) is 0 Å². The van der Waals surface area contributed by atoms with Gasteiger partial charge in [-0.1, -0.05) is 6.58 Å². The number of ether oxygens (including phenoxy) is 1. The molecule has 0 amide bonds. The molecule has 1 aromatic heterocycles. The maximum absolute atomic E-state index is 10.9. The van der Waals surface area contributed by atoms with Crippen molar-refractivity contribution in [2.45, 2.75) is 0 Å². The van der Waals surface area contributed by atoms with Crippen molar-refractivity contribution in [3.05, 3.63) is 30.2 Å². The topological polar surface area (TPSA) is 39.4 Å². The summed E-state index contributed by atoms with van der Waals surface area (Å²) in [6.07, 6.45) is 2.88. The maximum atomic E-state index is 10.9. The highest BCUT2D eigenvalue weighted by Crippen LogP contribution is 2.12. The van der Waals surface area contributed by atoms with E-state index < -0.39 is 5.97 Å². The van der Waals surface area contributed by atoms with E-state index in [1.165, 1.54) is 19.4 Å². The maximum Gasteiger partial charge on any atom is 0.341 e. The molecule has 0 spiro atoms. The van der Waals surface area contributed by atoms with Crippen LogP contribution in [-0.2, 0) is 4.74 Å². The van der Waals surface area contributed by atoms with E-state index in [4.69, 9.17) is 4.42 Å². The summed E-state index contributed by atoms with van der Waals surface area (Å²) in [6.45, 7) is 3.48. The van der Waals surface area contributed by atoms with Gasteiger partial charge in [0.1, 0.15) is 11.3 Å². The van der Waals surface area contributed by atoms with E-state index in [-0.39, 0.29) is 0 Å². The fourth-order valence-electron chi connectivity index (χ4n) is 0.758. The van der Waals surface area contributed by atoms with Crippen LogP contribution in [0.4, 0.5) is 0 Å². The van der Waals surface area contributed by atoms with Gasteiger partial charge in [-0.3, -0.25) is 0 Å². The average Bonchev–Trinajstić information content (AvgIpc) is 2.50. The Hall–Kier alpha value is -1.51. The summed E-state index contributed by atoms with van der Waals surface area (Å²) >= 11 is 0. The molecule has 1 rings (SSSR count). The lowest BCUT2D eigenvalue weighted by molar-refractivity contribution is 0.0599. The molecule has 1 aromatic rings. The normalized spacial score (nSPS) is 9.18. The first-order valence-corrected chi connectivity index (χ1v) is 3.08. The summed E-state index contributed by atoms with van der Waals surface area (Å²) in [4.78, 5) is 10.9. The van der Waals surface area contributed by atoms with Gasteiger partial charge in [0.25, 0.3) is 0 Å². The van der Waals surface area contributed by atoms with Crippen LogP contribution in [0.2, 0.25) is 0 Å². The molecule has 11 heavy (non-hydrogen) atoms. The van der Waals surface area contributed by atoms with Crippen molar-refractivity contribution in [2.75, 3.05) is 7.11 Å². The molecule has 0 unspecified atom stereocenters. The molecular weight excluding hydrogens is 144 g/mol. The van der Waals surface area contributed by atoms with Crippen LogP contribution in [0.25, 0.3) is 6.08 Å². The number of carbonyl (C=O) groups excluding carboxylic acids is 1. The van der Waals surface area contributed by atoms with Gasteiger partial charge in [0, 0.05) is 0 Å². The molecule has 0 bridgehead atoms. The van der Waals surface area contributed by atoms with E-state index >= 15 is 0 Å². The second-order valence-corrected chi connectivity index (χ2v) is 1.89. The fourth-order valence-corrected chi connectivity index (χ4v) is 0.758. The second kappa shape index (κ2) is 3.05. The highest BCUT2D eigenvalue weighted by atomic mass is 16.5. The molecule has 3 nitrogen and oxygen atoms in total. The number of hydrogen-bond donors (Lipinski definition) is 0. The van der Waals surface area contributed by atoms with Crippen molar-refractivity contribution >= 4 is 12.0 Å². The van der Waals surface area contributed by atoms with Gasteiger partial charge >= 0.3 is 5.97 Å². The van der Waals surface area contributed by atoms with Crippen LogP contribution in [0.15, 0.2) is 23.3 Å². The van der Waals surface area contributed by atoms with Gasteiger partial charge in [0.05, 0.1) is 13.4 Å². The molecule has 0 N–H and O–H groups in total. The van der Waals surface area contributed by atoms with Crippen LogP contribution in [0, 0.1) is 0 Å². The molecule has 3 heteroatoms. The molecule has 0 aromatic carbocycles. The molecule has 58 valence electrons. The van der Waals surface area contributed by atoms with Gasteiger partial charge in [-0.2, -0.15) is 0 Å². The first kappa shape index (κ1) is 7.60. The van der Waals surface area contributed by atoms with Crippen LogP contribution in [-0.4, -0.2) is 13.1 Å². The molecule has 0 aliphatic carbocycles. The highest BCUT2D eigenvalue weighted by molar-refractivity contribution is 5.92. The Bertz CT molecular complexity index is 273. The molecule has 0 atom stereocenters. The number of methoxy groups -OCH3 is 1.